The van der Waals surface area contributed by atoms with Crippen LogP contribution in [0.15, 0.2) is 0 Å². The lowest BCUT2D eigenvalue weighted by Gasteiger charge is -2.22. The summed E-state index contributed by atoms with van der Waals surface area (Å²) in [5, 5.41) is 10.5. The topological polar surface area (TPSA) is 153 Å². The number of rotatable bonds is 11. The lowest BCUT2D eigenvalue weighted by Crippen LogP contribution is -2.38. The standard InChI is InChI=1S/C22H38N4O8/c27-19(31-13-15-33-21(29)25-17-7-3-1-4-8-17)23-11-12-24-20(28)32-14-16-34-22(30)26-18-9-5-2-6-10-18/h17-18H,1-16H2,(H,23,27)(H,24,28)(H,25,29)(H,26,30). The van der Waals surface area contributed by atoms with Crippen LogP contribution >= 0.6 is 0 Å². The molecule has 0 spiro atoms. The first-order valence-corrected chi connectivity index (χ1v) is 12.2. The van der Waals surface area contributed by atoms with E-state index >= 15 is 0 Å². The summed E-state index contributed by atoms with van der Waals surface area (Å²) in [6.07, 6.45) is 8.26. The predicted molar refractivity (Wildman–Crippen MR) is 121 cm³/mol. The number of carbonyl (C=O) groups is 4. The molecule has 2 saturated carbocycles. The summed E-state index contributed by atoms with van der Waals surface area (Å²) in [4.78, 5) is 46.5. The predicted octanol–water partition coefficient (Wildman–Crippen LogP) is 2.56. The summed E-state index contributed by atoms with van der Waals surface area (Å²) < 4.78 is 19.8. The van der Waals surface area contributed by atoms with Crippen LogP contribution < -0.4 is 21.3 Å². The van der Waals surface area contributed by atoms with Gasteiger partial charge in [-0.1, -0.05) is 38.5 Å². The molecule has 34 heavy (non-hydrogen) atoms. The molecule has 0 aromatic rings. The van der Waals surface area contributed by atoms with E-state index in [1.807, 2.05) is 0 Å². The van der Waals surface area contributed by atoms with Gasteiger partial charge in [0.1, 0.15) is 26.4 Å². The lowest BCUT2D eigenvalue weighted by atomic mass is 9.96. The Labute approximate surface area is 200 Å². The first-order valence-electron chi connectivity index (χ1n) is 12.2. The van der Waals surface area contributed by atoms with Crippen LogP contribution in [0, 0.1) is 0 Å². The third-order valence-corrected chi connectivity index (χ3v) is 5.62. The summed E-state index contributed by atoms with van der Waals surface area (Å²) in [5.41, 5.74) is 0. The fraction of sp³-hybridized carbons (Fsp3) is 0.818. The summed E-state index contributed by atoms with van der Waals surface area (Å²) >= 11 is 0. The van der Waals surface area contributed by atoms with Crippen molar-refractivity contribution < 1.29 is 38.1 Å². The number of carbonyl (C=O) groups excluding carboxylic acids is 4. The van der Waals surface area contributed by atoms with E-state index in [2.05, 4.69) is 21.3 Å². The molecule has 2 rings (SSSR count). The van der Waals surface area contributed by atoms with E-state index in [0.717, 1.165) is 51.4 Å². The molecule has 2 aliphatic carbocycles. The number of ether oxygens (including phenoxy) is 4. The Morgan fingerprint density at radius 1 is 0.500 bits per heavy atom. The third-order valence-electron chi connectivity index (χ3n) is 5.62. The molecule has 12 nitrogen and oxygen atoms in total. The number of hydrogen-bond acceptors (Lipinski definition) is 8. The van der Waals surface area contributed by atoms with Crippen LogP contribution in [0.5, 0.6) is 0 Å². The second-order valence-electron chi connectivity index (χ2n) is 8.36. The van der Waals surface area contributed by atoms with Crippen LogP contribution in [0.25, 0.3) is 0 Å². The molecule has 12 heteroatoms. The molecule has 0 saturated heterocycles. The van der Waals surface area contributed by atoms with Crippen molar-refractivity contribution in [2.24, 2.45) is 0 Å². The molecule has 194 valence electrons. The van der Waals surface area contributed by atoms with E-state index in [0.29, 0.717) is 0 Å². The molecule has 0 aromatic carbocycles. The second-order valence-corrected chi connectivity index (χ2v) is 8.36. The lowest BCUT2D eigenvalue weighted by molar-refractivity contribution is 0.0914. The van der Waals surface area contributed by atoms with Gasteiger partial charge in [0, 0.05) is 25.2 Å². The molecule has 0 aliphatic heterocycles. The normalized spacial score (nSPS) is 16.6. The average molecular weight is 487 g/mol. The number of alkyl carbamates (subject to hydrolysis) is 4. The molecule has 0 bridgehead atoms. The first-order chi connectivity index (χ1) is 16.5. The molecule has 4 N–H and O–H groups in total. The molecule has 0 atom stereocenters. The Kier molecular flexibility index (Phi) is 13.4. The van der Waals surface area contributed by atoms with Gasteiger partial charge >= 0.3 is 24.4 Å². The number of nitrogens with one attached hydrogen (secondary N) is 4. The summed E-state index contributed by atoms with van der Waals surface area (Å²) in [6.45, 7) is 0.00449. The van der Waals surface area contributed by atoms with Gasteiger partial charge in [0.05, 0.1) is 0 Å². The fourth-order valence-corrected chi connectivity index (χ4v) is 3.88. The molecule has 0 unspecified atom stereocenters. The van der Waals surface area contributed by atoms with Crippen LogP contribution in [0.1, 0.15) is 64.2 Å². The van der Waals surface area contributed by atoms with Crippen molar-refractivity contribution >= 4 is 24.4 Å². The summed E-state index contributed by atoms with van der Waals surface area (Å²) in [6, 6.07) is 0.311. The zero-order valence-corrected chi connectivity index (χ0v) is 19.7. The van der Waals surface area contributed by atoms with E-state index in [4.69, 9.17) is 18.9 Å². The molecule has 2 fully saturated rings. The van der Waals surface area contributed by atoms with Gasteiger partial charge in [0.2, 0.25) is 0 Å². The van der Waals surface area contributed by atoms with Gasteiger partial charge in [0.15, 0.2) is 0 Å². The second kappa shape index (κ2) is 16.7. The number of amides is 4. The smallest absolute Gasteiger partial charge is 0.407 e. The molecule has 0 heterocycles. The zero-order valence-electron chi connectivity index (χ0n) is 19.7. The van der Waals surface area contributed by atoms with Gasteiger partial charge in [-0.2, -0.15) is 0 Å². The highest BCUT2D eigenvalue weighted by Crippen LogP contribution is 2.18. The highest BCUT2D eigenvalue weighted by Gasteiger charge is 2.17. The van der Waals surface area contributed by atoms with Crippen molar-refractivity contribution in [1.82, 2.24) is 21.3 Å². The Balaban J connectivity index is 1.36. The van der Waals surface area contributed by atoms with Crippen LogP contribution in [0.2, 0.25) is 0 Å². The largest absolute Gasteiger partial charge is 0.446 e. The summed E-state index contributed by atoms with van der Waals surface area (Å²) in [7, 11) is 0. The van der Waals surface area contributed by atoms with E-state index in [1.165, 1.54) is 12.8 Å². The SMILES string of the molecule is O=C(NCCNC(=O)OCCOC(=O)NC1CCCCC1)OCCOC(=O)NC1CCCCC1. The quantitative estimate of drug-likeness (QED) is 0.257. The van der Waals surface area contributed by atoms with Crippen molar-refractivity contribution in [2.75, 3.05) is 39.5 Å². The van der Waals surface area contributed by atoms with Gasteiger partial charge < -0.3 is 40.2 Å². The van der Waals surface area contributed by atoms with Gasteiger partial charge in [-0.05, 0) is 25.7 Å². The molecule has 2 aliphatic rings. The van der Waals surface area contributed by atoms with Crippen LogP contribution in [-0.4, -0.2) is 76.0 Å². The highest BCUT2D eigenvalue weighted by molar-refractivity contribution is 5.69. The fourth-order valence-electron chi connectivity index (χ4n) is 3.88. The van der Waals surface area contributed by atoms with E-state index < -0.39 is 24.4 Å². The van der Waals surface area contributed by atoms with Crippen LogP contribution in [0.4, 0.5) is 19.2 Å². The third kappa shape index (κ3) is 12.9. The van der Waals surface area contributed by atoms with Gasteiger partial charge in [-0.3, -0.25) is 0 Å². The Morgan fingerprint density at radius 3 is 1.18 bits per heavy atom. The Hall–Kier alpha value is -2.92. The maximum absolute atomic E-state index is 11.7. The minimum absolute atomic E-state index is 0.0443. The van der Waals surface area contributed by atoms with Gasteiger partial charge in [-0.25, -0.2) is 19.2 Å². The minimum atomic E-state index is -0.691. The Morgan fingerprint density at radius 2 is 0.824 bits per heavy atom. The van der Waals surface area contributed by atoms with Crippen molar-refractivity contribution in [3.63, 3.8) is 0 Å². The molecular formula is C22H38N4O8. The van der Waals surface area contributed by atoms with E-state index in [-0.39, 0.29) is 51.6 Å². The summed E-state index contributed by atoms with van der Waals surface area (Å²) in [5.74, 6) is 0. The van der Waals surface area contributed by atoms with Crippen molar-refractivity contribution in [2.45, 2.75) is 76.3 Å². The highest BCUT2D eigenvalue weighted by atomic mass is 16.6. The van der Waals surface area contributed by atoms with Crippen molar-refractivity contribution in [3.8, 4) is 0 Å². The maximum Gasteiger partial charge on any atom is 0.407 e. The van der Waals surface area contributed by atoms with Gasteiger partial charge in [-0.15, -0.1) is 0 Å². The molecule has 0 radical (unpaired) electrons. The first kappa shape index (κ1) is 27.3. The molecular weight excluding hydrogens is 448 g/mol. The monoisotopic (exact) mass is 486 g/mol. The van der Waals surface area contributed by atoms with Gasteiger partial charge in [0.25, 0.3) is 0 Å². The van der Waals surface area contributed by atoms with Crippen LogP contribution in [-0.2, 0) is 18.9 Å². The molecule has 0 aromatic heterocycles. The van der Waals surface area contributed by atoms with Crippen molar-refractivity contribution in [1.29, 1.82) is 0 Å². The van der Waals surface area contributed by atoms with Crippen LogP contribution in [0.3, 0.4) is 0 Å². The van der Waals surface area contributed by atoms with E-state index in [9.17, 15) is 19.2 Å². The van der Waals surface area contributed by atoms with E-state index in [1.54, 1.807) is 0 Å². The molecule has 4 amide bonds. The Bertz CT molecular complexity index is 582. The van der Waals surface area contributed by atoms with Crippen molar-refractivity contribution in [3.05, 3.63) is 0 Å². The minimum Gasteiger partial charge on any atom is -0.446 e. The zero-order chi connectivity index (χ0) is 24.4. The number of hydrogen-bond donors (Lipinski definition) is 4. The average Bonchev–Trinajstić information content (AvgIpc) is 2.83. The maximum atomic E-state index is 11.7.